The maximum atomic E-state index is 12.5. The van der Waals surface area contributed by atoms with Crippen LogP contribution in [0.1, 0.15) is 0 Å². The highest BCUT2D eigenvalue weighted by atomic mass is 16.1. The summed E-state index contributed by atoms with van der Waals surface area (Å²) in [6.07, 6.45) is 1.72. The first-order valence-electron chi connectivity index (χ1n) is 7.90. The molecule has 0 radical (unpaired) electrons. The van der Waals surface area contributed by atoms with Crippen LogP contribution in [0.4, 0.5) is 0 Å². The highest BCUT2D eigenvalue weighted by molar-refractivity contribution is 6.36. The number of nitrogens with zero attached hydrogens (tertiary/aromatic N) is 2. The average Bonchev–Trinajstić information content (AvgIpc) is 3.27. The van der Waals surface area contributed by atoms with E-state index < -0.39 is 0 Å². The van der Waals surface area contributed by atoms with Crippen LogP contribution in [0.25, 0.3) is 54.1 Å². The molecule has 6 rings (SSSR count). The van der Waals surface area contributed by atoms with Gasteiger partial charge in [-0.3, -0.25) is 4.79 Å². The smallest absolute Gasteiger partial charge is 0.267 e. The van der Waals surface area contributed by atoms with Crippen LogP contribution in [-0.4, -0.2) is 9.97 Å². The Morgan fingerprint density at radius 3 is 2.42 bits per heavy atom. The van der Waals surface area contributed by atoms with Crippen molar-refractivity contribution in [1.29, 1.82) is 0 Å². The van der Waals surface area contributed by atoms with Crippen LogP contribution >= 0.6 is 0 Å². The highest BCUT2D eigenvalue weighted by Crippen LogP contribution is 2.41. The molecule has 110 valence electrons. The molecule has 0 unspecified atom stereocenters. The van der Waals surface area contributed by atoms with Crippen molar-refractivity contribution in [2.24, 2.45) is 0 Å². The summed E-state index contributed by atoms with van der Waals surface area (Å²) in [5.74, 6) is 0. The van der Waals surface area contributed by atoms with Crippen LogP contribution in [0.2, 0.25) is 0 Å². The van der Waals surface area contributed by atoms with Gasteiger partial charge in [-0.05, 0) is 22.9 Å². The molecule has 4 aromatic carbocycles. The number of rotatable bonds is 0. The van der Waals surface area contributed by atoms with E-state index >= 15 is 0 Å². The maximum absolute atomic E-state index is 12.5. The van der Waals surface area contributed by atoms with Crippen LogP contribution in [0.5, 0.6) is 0 Å². The predicted octanol–water partition coefficient (Wildman–Crippen LogP) is 4.48. The molecule has 0 aliphatic heterocycles. The minimum Gasteiger partial charge on any atom is -0.267 e. The summed E-state index contributed by atoms with van der Waals surface area (Å²) >= 11 is 0. The molecular formula is C21H10N2O. The number of para-hydroxylation sites is 1. The molecule has 2 heterocycles. The summed E-state index contributed by atoms with van der Waals surface area (Å²) in [5.41, 5.74) is 1.66. The van der Waals surface area contributed by atoms with Gasteiger partial charge in [0, 0.05) is 33.1 Å². The third kappa shape index (κ3) is 1.27. The van der Waals surface area contributed by atoms with Crippen molar-refractivity contribution in [2.45, 2.75) is 0 Å². The monoisotopic (exact) mass is 306 g/mol. The van der Waals surface area contributed by atoms with Gasteiger partial charge < -0.3 is 0 Å². The Kier molecular flexibility index (Phi) is 2.00. The first-order valence-corrected chi connectivity index (χ1v) is 7.90. The van der Waals surface area contributed by atoms with Crippen LogP contribution < -0.4 is 5.56 Å². The number of hydrogen-bond acceptors (Lipinski definition) is 3. The third-order valence-electron chi connectivity index (χ3n) is 5.01. The van der Waals surface area contributed by atoms with Crippen LogP contribution in [0.3, 0.4) is 0 Å². The fourth-order valence-corrected chi connectivity index (χ4v) is 4.03. The average molecular weight is 306 g/mol. The molecule has 3 heteroatoms. The van der Waals surface area contributed by atoms with E-state index in [1.807, 2.05) is 36.4 Å². The largest absolute Gasteiger partial charge is 0.278 e. The van der Waals surface area contributed by atoms with Crippen molar-refractivity contribution in [3.05, 3.63) is 71.1 Å². The van der Waals surface area contributed by atoms with E-state index in [4.69, 9.17) is 4.98 Å². The predicted molar refractivity (Wildman–Crippen MR) is 98.2 cm³/mol. The fraction of sp³-hybridized carbons (Fsp3) is 0. The summed E-state index contributed by atoms with van der Waals surface area (Å²) < 4.78 is 0. The second-order valence-corrected chi connectivity index (χ2v) is 6.22. The lowest BCUT2D eigenvalue weighted by Crippen LogP contribution is -1.97. The molecule has 0 fully saturated rings. The standard InChI is InChI=1S/C21H10N2O/c24-21-19-15(10-22-21)17-12-6-2-1-5-11(12)9-14(17)20-18(19)13-7-3-4-8-16(13)23-20/h1-10H. The van der Waals surface area contributed by atoms with Gasteiger partial charge in [0.2, 0.25) is 0 Å². The Hall–Kier alpha value is -3.33. The van der Waals surface area contributed by atoms with Crippen LogP contribution in [0.15, 0.2) is 65.6 Å². The van der Waals surface area contributed by atoms with Gasteiger partial charge in [0.25, 0.3) is 5.56 Å². The molecule has 0 amide bonds. The van der Waals surface area contributed by atoms with E-state index in [-0.39, 0.29) is 5.56 Å². The Morgan fingerprint density at radius 2 is 1.50 bits per heavy atom. The van der Waals surface area contributed by atoms with Crippen molar-refractivity contribution < 1.29 is 0 Å². The molecule has 6 aromatic rings. The summed E-state index contributed by atoms with van der Waals surface area (Å²) in [6.45, 7) is 0. The zero-order chi connectivity index (χ0) is 15.8. The van der Waals surface area contributed by atoms with Gasteiger partial charge in [-0.15, -0.1) is 0 Å². The first kappa shape index (κ1) is 12.1. The van der Waals surface area contributed by atoms with E-state index in [1.54, 1.807) is 6.20 Å². The third-order valence-corrected chi connectivity index (χ3v) is 5.01. The molecule has 0 aliphatic carbocycles. The summed E-state index contributed by atoms with van der Waals surface area (Å²) in [6, 6.07) is 18.4. The molecule has 0 N–H and O–H groups in total. The molecule has 0 atom stereocenters. The molecule has 0 saturated carbocycles. The lowest BCUT2D eigenvalue weighted by atomic mass is 10.0. The minimum atomic E-state index is -0.166. The molecule has 0 bridgehead atoms. The van der Waals surface area contributed by atoms with Crippen LogP contribution in [-0.2, 0) is 0 Å². The van der Waals surface area contributed by atoms with E-state index in [0.29, 0.717) is 5.39 Å². The Morgan fingerprint density at radius 1 is 0.708 bits per heavy atom. The lowest BCUT2D eigenvalue weighted by Gasteiger charge is -1.99. The van der Waals surface area contributed by atoms with Gasteiger partial charge in [0.05, 0.1) is 16.4 Å². The Balaban J connectivity index is 2.10. The van der Waals surface area contributed by atoms with E-state index in [2.05, 4.69) is 23.2 Å². The van der Waals surface area contributed by atoms with Gasteiger partial charge in [-0.25, -0.2) is 9.97 Å². The lowest BCUT2D eigenvalue weighted by molar-refractivity contribution is 1.34. The minimum absolute atomic E-state index is 0.166. The normalized spacial score (nSPS) is 12.3. The number of aromatic nitrogens is 2. The SMILES string of the molecule is O=c1ncc2c1c1c3ccccc3nc1c1cc3ccccc3c12. The number of hydrogen-bond donors (Lipinski definition) is 0. The Labute approximate surface area is 135 Å². The number of benzene rings is 3. The fourth-order valence-electron chi connectivity index (χ4n) is 4.03. The van der Waals surface area contributed by atoms with Crippen molar-refractivity contribution >= 4 is 54.1 Å². The second-order valence-electron chi connectivity index (χ2n) is 6.22. The number of fused-ring (bicyclic) bond motifs is 10. The van der Waals surface area contributed by atoms with Gasteiger partial charge in [0.15, 0.2) is 0 Å². The summed E-state index contributed by atoms with van der Waals surface area (Å²) in [4.78, 5) is 21.4. The van der Waals surface area contributed by atoms with Crippen molar-refractivity contribution in [3.8, 4) is 0 Å². The second kappa shape index (κ2) is 3.95. The molecule has 2 aromatic heterocycles. The van der Waals surface area contributed by atoms with Crippen LogP contribution in [0, 0.1) is 0 Å². The van der Waals surface area contributed by atoms with Gasteiger partial charge in [-0.1, -0.05) is 42.5 Å². The van der Waals surface area contributed by atoms with Crippen molar-refractivity contribution in [2.75, 3.05) is 0 Å². The van der Waals surface area contributed by atoms with Crippen molar-refractivity contribution in [1.82, 2.24) is 9.97 Å². The molecule has 3 nitrogen and oxygen atoms in total. The van der Waals surface area contributed by atoms with Gasteiger partial charge in [-0.2, -0.15) is 0 Å². The topological polar surface area (TPSA) is 42.9 Å². The molecule has 24 heavy (non-hydrogen) atoms. The molecule has 0 spiro atoms. The first-order chi connectivity index (χ1) is 11.8. The summed E-state index contributed by atoms with van der Waals surface area (Å²) in [5, 5.41) is 8.10. The van der Waals surface area contributed by atoms with Gasteiger partial charge >= 0.3 is 0 Å². The highest BCUT2D eigenvalue weighted by Gasteiger charge is 2.20. The zero-order valence-corrected chi connectivity index (χ0v) is 12.6. The zero-order valence-electron chi connectivity index (χ0n) is 12.6. The van der Waals surface area contributed by atoms with E-state index in [1.165, 1.54) is 5.39 Å². The van der Waals surface area contributed by atoms with Crippen molar-refractivity contribution in [3.63, 3.8) is 0 Å². The van der Waals surface area contributed by atoms with Gasteiger partial charge in [0.1, 0.15) is 0 Å². The van der Waals surface area contributed by atoms with E-state index in [0.717, 1.165) is 43.4 Å². The quantitative estimate of drug-likeness (QED) is 0.415. The molecule has 0 aliphatic rings. The van der Waals surface area contributed by atoms with E-state index in [9.17, 15) is 4.79 Å². The summed E-state index contributed by atoms with van der Waals surface area (Å²) in [7, 11) is 0. The Bertz CT molecular complexity index is 1470. The maximum Gasteiger partial charge on any atom is 0.278 e. The molecular weight excluding hydrogens is 296 g/mol. The molecule has 0 saturated heterocycles.